The van der Waals surface area contributed by atoms with E-state index in [-0.39, 0.29) is 189 Å². The lowest BCUT2D eigenvalue weighted by molar-refractivity contribution is 0.118. The molecule has 0 unspecified atom stereocenters. The minimum atomic E-state index is -0.850. The lowest BCUT2D eigenvalue weighted by atomic mass is 9.74. The molecular weight excluding hydrogens is 1620 g/mol. The molecule has 0 amide bonds. The summed E-state index contributed by atoms with van der Waals surface area (Å²) in [4.78, 5) is 17.3. The third kappa shape index (κ3) is 16.0. The highest BCUT2D eigenvalue weighted by atomic mass is 16.3. The van der Waals surface area contributed by atoms with Crippen LogP contribution in [0.25, 0.3) is 0 Å². The Kier molecular flexibility index (Phi) is 26.2. The van der Waals surface area contributed by atoms with Gasteiger partial charge in [-0.2, -0.15) is 0 Å². The molecule has 20 heterocycles. The molecule has 0 aromatic heterocycles. The van der Waals surface area contributed by atoms with E-state index >= 15 is 0 Å². The fraction of sp³-hybridized carbons (Fsp3) is 0.538. The summed E-state index contributed by atoms with van der Waals surface area (Å²) in [6, 6.07) is 14.8. The van der Waals surface area contributed by atoms with Crippen LogP contribution in [0.1, 0.15) is 339 Å². The first kappa shape index (κ1) is 90.2. The van der Waals surface area contributed by atoms with Crippen molar-refractivity contribution in [2.75, 3.05) is 105 Å². The number of aromatic hydroxyl groups is 16. The van der Waals surface area contributed by atoms with Gasteiger partial charge in [-0.1, -0.05) is 107 Å². The van der Waals surface area contributed by atoms with Crippen molar-refractivity contribution in [2.45, 2.75) is 258 Å². The van der Waals surface area contributed by atoms with E-state index in [2.05, 4.69) is 39.2 Å². The van der Waals surface area contributed by atoms with Crippen molar-refractivity contribution in [3.63, 3.8) is 0 Å². The zero-order chi connectivity index (χ0) is 90.3. The molecular formula is C104H136N8O16. The summed E-state index contributed by atoms with van der Waals surface area (Å²) >= 11 is 0. The molecule has 24 nitrogen and oxygen atoms in total. The lowest BCUT2D eigenvalue weighted by Crippen LogP contribution is -2.45. The third-order valence-corrected chi connectivity index (χ3v) is 31.0. The van der Waals surface area contributed by atoms with Crippen molar-refractivity contribution in [1.82, 2.24) is 39.2 Å². The molecule has 128 heavy (non-hydrogen) atoms. The number of phenols is 16. The van der Waals surface area contributed by atoms with Gasteiger partial charge in [0.05, 0.1) is 44.5 Å². The van der Waals surface area contributed by atoms with Gasteiger partial charge in [0.25, 0.3) is 0 Å². The van der Waals surface area contributed by atoms with Gasteiger partial charge in [0.15, 0.2) is 0 Å². The van der Waals surface area contributed by atoms with Crippen molar-refractivity contribution >= 4 is 0 Å². The van der Waals surface area contributed by atoms with E-state index in [4.69, 9.17) is 0 Å². The summed E-state index contributed by atoms with van der Waals surface area (Å²) in [6.45, 7) is 22.0. The molecule has 16 N–H and O–H groups in total. The van der Waals surface area contributed by atoms with E-state index in [0.29, 0.717) is 296 Å². The van der Waals surface area contributed by atoms with Crippen LogP contribution in [-0.4, -0.2) is 226 Å². The van der Waals surface area contributed by atoms with Gasteiger partial charge in [0, 0.05) is 293 Å². The molecule has 0 spiro atoms. The van der Waals surface area contributed by atoms with Crippen LogP contribution in [0.5, 0.6) is 92.0 Å². The molecule has 20 aliphatic heterocycles. The highest BCUT2D eigenvalue weighted by Gasteiger charge is 2.44. The summed E-state index contributed by atoms with van der Waals surface area (Å²) in [5.74, 6) is -9.83. The normalized spacial score (nSPS) is 26.1. The van der Waals surface area contributed by atoms with Crippen LogP contribution in [0.2, 0.25) is 0 Å². The first-order valence-electron chi connectivity index (χ1n) is 48.2. The van der Waals surface area contributed by atoms with Gasteiger partial charge < -0.3 is 81.7 Å². The summed E-state index contributed by atoms with van der Waals surface area (Å²) in [6.07, 6.45) is 6.93. The molecule has 4 fully saturated rings. The maximum atomic E-state index is 13.9. The standard InChI is InChI=1S/C104H136N8O16/c1-9-17-57-65-41-67-58(18-10-2)69-43-71-60(20-12-4)72-44-70-59(19-11-3)68-42-66(57)90(114)82(92(68)116)50-106-27-31-108(32-28-106)54-86-98(122)74-46-76(100(86)124)63(23-15-7)78-48-80(104(128)88(102(78)126)56-112-39-35-110(36-40-112)52-84(94(70)118)96(72)120)64(24-16-8)79-47-77(101(125)87(103(79)127)55-111-37-33-109(34-38-111)51-83(93(69)117)95(71)119)62(22-14-6)75-45-73(61(74)21-13-5)97(121)85(99(75)123)53-107-29-25-105(26-30-107)49-81(89(65)113)91(67)115/h41-48,57-64,113-128H,9-40,49-56H2,1-8H3. The molecule has 688 valence electrons. The molecule has 0 saturated carbocycles. The number of hydrogen-bond donors (Lipinski definition) is 16. The Hall–Kier alpha value is -9.76. The fourth-order valence-corrected chi connectivity index (χ4v) is 23.9. The molecule has 0 atom stereocenters. The van der Waals surface area contributed by atoms with Crippen LogP contribution < -0.4 is 0 Å². The quantitative estimate of drug-likeness (QED) is 0.0427. The monoisotopic (exact) mass is 1750 g/mol. The van der Waals surface area contributed by atoms with Crippen LogP contribution in [-0.2, 0) is 52.4 Å². The van der Waals surface area contributed by atoms with Gasteiger partial charge in [-0.25, -0.2) is 0 Å². The summed E-state index contributed by atoms with van der Waals surface area (Å²) in [5, 5.41) is 222. The zero-order valence-corrected chi connectivity index (χ0v) is 76.3. The summed E-state index contributed by atoms with van der Waals surface area (Å²) in [7, 11) is 0. The van der Waals surface area contributed by atoms with Crippen LogP contribution in [0, 0.1) is 0 Å². The smallest absolute Gasteiger partial charge is 0.127 e. The number of phenolic OH excluding ortho intramolecular Hbond substituents is 16. The second kappa shape index (κ2) is 37.2. The first-order valence-corrected chi connectivity index (χ1v) is 48.2. The van der Waals surface area contributed by atoms with E-state index < -0.39 is 47.3 Å². The molecule has 4 saturated heterocycles. The minimum Gasteiger partial charge on any atom is -0.507 e. The average molecular weight is 1750 g/mol. The van der Waals surface area contributed by atoms with Crippen LogP contribution in [0.15, 0.2) is 48.5 Å². The molecule has 22 aliphatic rings. The topological polar surface area (TPSA) is 350 Å². The lowest BCUT2D eigenvalue weighted by Gasteiger charge is -2.38. The Bertz CT molecular complexity index is 4280. The maximum Gasteiger partial charge on any atom is 0.127 e. The van der Waals surface area contributed by atoms with Gasteiger partial charge in [-0.15, -0.1) is 0 Å². The average Bonchev–Trinajstić information content (AvgIpc) is 0.731. The Labute approximate surface area is 753 Å². The van der Waals surface area contributed by atoms with Crippen molar-refractivity contribution in [3.05, 3.63) is 182 Å². The van der Waals surface area contributed by atoms with Gasteiger partial charge in [0.1, 0.15) is 92.0 Å². The van der Waals surface area contributed by atoms with Crippen molar-refractivity contribution in [1.29, 1.82) is 0 Å². The largest absolute Gasteiger partial charge is 0.507 e. The third-order valence-electron chi connectivity index (χ3n) is 31.0. The number of rotatable bonds is 16. The van der Waals surface area contributed by atoms with E-state index in [9.17, 15) is 81.7 Å². The summed E-state index contributed by atoms with van der Waals surface area (Å²) in [5.41, 5.74) is 8.14. The Morgan fingerprint density at radius 1 is 0.156 bits per heavy atom. The van der Waals surface area contributed by atoms with E-state index in [1.165, 1.54) is 0 Å². The molecule has 0 radical (unpaired) electrons. The number of benzene rings is 8. The van der Waals surface area contributed by atoms with Crippen molar-refractivity contribution in [3.8, 4) is 92.0 Å². The van der Waals surface area contributed by atoms with E-state index in [1.807, 2.05) is 104 Å². The number of nitrogens with zero attached hydrogens (tertiary/aromatic N) is 8. The van der Waals surface area contributed by atoms with Gasteiger partial charge >= 0.3 is 0 Å². The van der Waals surface area contributed by atoms with Crippen LogP contribution in [0.4, 0.5) is 0 Å². The van der Waals surface area contributed by atoms with E-state index in [0.717, 1.165) is 0 Å². The first-order chi connectivity index (χ1) is 61.8. The summed E-state index contributed by atoms with van der Waals surface area (Å²) < 4.78 is 0. The SMILES string of the molecule is CCCC1c2cc3c(O)c(c2O)CN2CCN(CC2)Cc2c(O)c4cc(c2O)C(CCC)c2cc5c(O)c(c2O)CN2CCN(CC2)Cc2c(O)c(cc(c2O)C(CCC)c2cc6c(O)c(c2O)CN2CCN(CC2)Cc2c(O)c(cc(c2O)C5CCC)C(CCC)c2cc(c(O)c(c2O)CN2CCN(CC2)Cc2c(O)c1cc(c2O)C6CCC)C4CCC)C3CCC. The predicted molar refractivity (Wildman–Crippen MR) is 494 cm³/mol. The molecule has 2 aliphatic carbocycles. The zero-order valence-electron chi connectivity index (χ0n) is 76.3. The Morgan fingerprint density at radius 3 is 0.305 bits per heavy atom. The number of hydrogen-bond acceptors (Lipinski definition) is 24. The Balaban J connectivity index is 1.05. The molecule has 24 heteroatoms. The van der Waals surface area contributed by atoms with Crippen LogP contribution in [0.3, 0.4) is 0 Å². The molecule has 30 rings (SSSR count). The second-order valence-electron chi connectivity index (χ2n) is 38.8. The van der Waals surface area contributed by atoms with Crippen molar-refractivity contribution in [2.24, 2.45) is 0 Å². The van der Waals surface area contributed by atoms with E-state index in [1.54, 1.807) is 0 Å². The van der Waals surface area contributed by atoms with Gasteiger partial charge in [0.2, 0.25) is 0 Å². The van der Waals surface area contributed by atoms with Crippen molar-refractivity contribution < 1.29 is 81.7 Å². The maximum absolute atomic E-state index is 13.9. The highest BCUT2D eigenvalue weighted by molar-refractivity contribution is 5.72. The second-order valence-corrected chi connectivity index (χ2v) is 38.8. The number of piperazine rings is 4. The Morgan fingerprint density at radius 2 is 0.234 bits per heavy atom. The van der Waals surface area contributed by atoms with Gasteiger partial charge in [-0.3, -0.25) is 39.2 Å². The van der Waals surface area contributed by atoms with Gasteiger partial charge in [-0.05, 0) is 99.9 Å². The predicted octanol–water partition coefficient (Wildman–Crippen LogP) is 17.3. The fourth-order valence-electron chi connectivity index (χ4n) is 23.9. The minimum absolute atomic E-state index is 0.0116. The molecule has 8 aromatic carbocycles. The molecule has 32 bridgehead atoms. The molecule has 8 aromatic rings. The highest BCUT2D eigenvalue weighted by Crippen LogP contribution is 2.61. The van der Waals surface area contributed by atoms with Crippen LogP contribution >= 0.6 is 0 Å².